The van der Waals surface area contributed by atoms with Gasteiger partial charge in [0.05, 0.1) is 0 Å². The predicted molar refractivity (Wildman–Crippen MR) is 234 cm³/mol. The van der Waals surface area contributed by atoms with E-state index in [9.17, 15) is 14.4 Å². The average molecular weight is 775 g/mol. The normalized spacial score (nSPS) is 11.7. The van der Waals surface area contributed by atoms with Crippen LogP contribution < -0.4 is 0 Å². The van der Waals surface area contributed by atoms with Gasteiger partial charge >= 0.3 is 11.9 Å². The van der Waals surface area contributed by atoms with Crippen LogP contribution in [0.2, 0.25) is 0 Å². The molecule has 7 heteroatoms. The summed E-state index contributed by atoms with van der Waals surface area (Å²) in [5.74, 6) is 0.0721. The summed E-state index contributed by atoms with van der Waals surface area (Å²) in [6, 6.07) is 0. The number of rotatable bonds is 42. The number of hydrogen-bond acceptors (Lipinski definition) is 6. The molecule has 0 aliphatic heterocycles. The summed E-state index contributed by atoms with van der Waals surface area (Å²) in [4.78, 5) is 41.5. The lowest BCUT2D eigenvalue weighted by atomic mass is 10.1. The Hall–Kier alpha value is -2.15. The average Bonchev–Trinajstić information content (AvgIpc) is 3.16. The molecule has 0 fully saturated rings. The van der Waals surface area contributed by atoms with Gasteiger partial charge in [0.1, 0.15) is 13.2 Å². The molecule has 0 aromatic rings. The first kappa shape index (κ1) is 52.9. The third-order valence-corrected chi connectivity index (χ3v) is 10.4. The summed E-state index contributed by atoms with van der Waals surface area (Å²) in [5, 5.41) is 0. The van der Waals surface area contributed by atoms with Crippen LogP contribution in [-0.4, -0.2) is 74.6 Å². The van der Waals surface area contributed by atoms with Crippen LogP contribution in [0.3, 0.4) is 0 Å². The van der Waals surface area contributed by atoms with Gasteiger partial charge in [0, 0.05) is 32.4 Å². The molecule has 0 bridgehead atoms. The highest BCUT2D eigenvalue weighted by Crippen LogP contribution is 2.13. The summed E-state index contributed by atoms with van der Waals surface area (Å²) in [6.07, 6.45) is 44.2. The lowest BCUT2D eigenvalue weighted by molar-refractivity contribution is -0.143. The second-order valence-corrected chi connectivity index (χ2v) is 16.2. The molecule has 0 N–H and O–H groups in total. The fourth-order valence-electron chi connectivity index (χ4n) is 6.86. The van der Waals surface area contributed by atoms with E-state index >= 15 is 0 Å². The number of allylic oxidation sites excluding steroid dienone is 2. The minimum absolute atomic E-state index is 0.0987. The van der Waals surface area contributed by atoms with Crippen molar-refractivity contribution >= 4 is 17.8 Å². The number of carbonyl (C=O) groups is 3. The summed E-state index contributed by atoms with van der Waals surface area (Å²) in [6.45, 7) is 7.85. The molecule has 0 saturated heterocycles. The maximum atomic E-state index is 13.1. The topological polar surface area (TPSA) is 76.1 Å². The number of nitrogens with zero attached hydrogens (tertiary/aromatic N) is 2. The van der Waals surface area contributed by atoms with Crippen LogP contribution in [-0.2, 0) is 23.9 Å². The molecule has 0 heterocycles. The lowest BCUT2D eigenvalue weighted by Crippen LogP contribution is -2.33. The molecule has 0 rings (SSSR count). The zero-order chi connectivity index (χ0) is 40.3. The van der Waals surface area contributed by atoms with Crippen molar-refractivity contribution in [2.45, 2.75) is 219 Å². The number of hydrogen-bond donors (Lipinski definition) is 0. The molecule has 0 aliphatic rings. The first-order valence-electron chi connectivity index (χ1n) is 23.4. The Labute approximate surface area is 341 Å². The standard InChI is InChI=1S/C48H90N2O5/c1-5-7-9-11-13-15-17-19-21-29-35-44-54-47(52)39-31-25-23-27-33-42-50(46(51)38-37-41-49(3)4)43-34-28-24-26-32-40-48(53)55-45-36-30-22-20-18-16-14-12-10-8-6-2/h29-30,35-36H,5-28,31-34,37-45H2,1-4H3/b35-29-,36-30-. The monoisotopic (exact) mass is 775 g/mol. The van der Waals surface area contributed by atoms with Crippen LogP contribution in [0.1, 0.15) is 219 Å². The minimum atomic E-state index is -0.0987. The third-order valence-electron chi connectivity index (χ3n) is 10.4. The number of ether oxygens (including phenoxy) is 2. The van der Waals surface area contributed by atoms with Crippen LogP contribution in [0.5, 0.6) is 0 Å². The van der Waals surface area contributed by atoms with E-state index in [1.165, 1.54) is 103 Å². The van der Waals surface area contributed by atoms with Crippen molar-refractivity contribution in [1.82, 2.24) is 9.80 Å². The van der Waals surface area contributed by atoms with Crippen LogP contribution in [0.15, 0.2) is 24.3 Å². The van der Waals surface area contributed by atoms with Crippen molar-refractivity contribution in [2.75, 3.05) is 46.9 Å². The van der Waals surface area contributed by atoms with Gasteiger partial charge in [-0.05, 0) is 78.4 Å². The van der Waals surface area contributed by atoms with E-state index in [0.717, 1.165) is 103 Å². The molecule has 0 aliphatic carbocycles. The highest BCUT2D eigenvalue weighted by molar-refractivity contribution is 5.76. The van der Waals surface area contributed by atoms with E-state index in [0.29, 0.717) is 32.5 Å². The van der Waals surface area contributed by atoms with E-state index < -0.39 is 0 Å². The second kappa shape index (κ2) is 43.0. The zero-order valence-electron chi connectivity index (χ0n) is 36.9. The molecule has 0 atom stereocenters. The van der Waals surface area contributed by atoms with Crippen molar-refractivity contribution < 1.29 is 23.9 Å². The highest BCUT2D eigenvalue weighted by Gasteiger charge is 2.13. The molecule has 55 heavy (non-hydrogen) atoms. The molecular formula is C48H90N2O5. The number of carbonyl (C=O) groups excluding carboxylic acids is 3. The van der Waals surface area contributed by atoms with Gasteiger partial charge in [0.2, 0.25) is 5.91 Å². The summed E-state index contributed by atoms with van der Waals surface area (Å²) >= 11 is 0. The lowest BCUT2D eigenvalue weighted by Gasteiger charge is -2.23. The zero-order valence-corrected chi connectivity index (χ0v) is 36.9. The Balaban J connectivity index is 3.99. The van der Waals surface area contributed by atoms with Crippen molar-refractivity contribution in [2.24, 2.45) is 0 Å². The largest absolute Gasteiger partial charge is 0.461 e. The summed E-state index contributed by atoms with van der Waals surface area (Å²) < 4.78 is 10.8. The van der Waals surface area contributed by atoms with Gasteiger partial charge in [-0.25, -0.2) is 0 Å². The molecule has 0 aromatic carbocycles. The van der Waals surface area contributed by atoms with E-state index in [1.54, 1.807) is 0 Å². The van der Waals surface area contributed by atoms with Gasteiger partial charge in [-0.1, -0.05) is 167 Å². The van der Waals surface area contributed by atoms with Crippen molar-refractivity contribution in [3.63, 3.8) is 0 Å². The minimum Gasteiger partial charge on any atom is -0.461 e. The van der Waals surface area contributed by atoms with E-state index in [1.807, 2.05) is 12.2 Å². The Morgan fingerprint density at radius 1 is 0.400 bits per heavy atom. The van der Waals surface area contributed by atoms with Crippen molar-refractivity contribution in [1.29, 1.82) is 0 Å². The number of esters is 2. The van der Waals surface area contributed by atoms with E-state index in [4.69, 9.17) is 9.47 Å². The Kier molecular flexibility index (Phi) is 41.3. The van der Waals surface area contributed by atoms with Crippen LogP contribution >= 0.6 is 0 Å². The third kappa shape index (κ3) is 41.3. The smallest absolute Gasteiger partial charge is 0.306 e. The van der Waals surface area contributed by atoms with Crippen LogP contribution in [0.25, 0.3) is 0 Å². The SMILES string of the molecule is CCCCCCCCCC/C=C\COC(=O)CCCCCCCN(CCCCCCCC(=O)OC/C=C\CCCCCCCCCC)C(=O)CCCN(C)C. The van der Waals surface area contributed by atoms with Crippen molar-refractivity contribution in [3.8, 4) is 0 Å². The molecule has 1 amide bonds. The maximum absolute atomic E-state index is 13.1. The molecule has 0 spiro atoms. The van der Waals surface area contributed by atoms with Gasteiger partial charge in [0.15, 0.2) is 0 Å². The van der Waals surface area contributed by atoms with Crippen LogP contribution in [0.4, 0.5) is 0 Å². The first-order chi connectivity index (χ1) is 26.9. The molecular weight excluding hydrogens is 685 g/mol. The molecule has 0 unspecified atom stereocenters. The Morgan fingerprint density at radius 2 is 0.764 bits per heavy atom. The number of unbranched alkanes of at least 4 members (excludes halogenated alkanes) is 24. The predicted octanol–water partition coefficient (Wildman–Crippen LogP) is 13.1. The Bertz CT molecular complexity index is 858. The molecule has 0 radical (unpaired) electrons. The van der Waals surface area contributed by atoms with E-state index in [-0.39, 0.29) is 17.8 Å². The highest BCUT2D eigenvalue weighted by atomic mass is 16.5. The Morgan fingerprint density at radius 3 is 1.16 bits per heavy atom. The first-order valence-corrected chi connectivity index (χ1v) is 23.4. The van der Waals surface area contributed by atoms with Crippen LogP contribution in [0, 0.1) is 0 Å². The molecule has 322 valence electrons. The quantitative estimate of drug-likeness (QED) is 0.0349. The van der Waals surface area contributed by atoms with Gasteiger partial charge < -0.3 is 19.3 Å². The number of amides is 1. The fraction of sp³-hybridized carbons (Fsp3) is 0.854. The van der Waals surface area contributed by atoms with Gasteiger partial charge in [0.25, 0.3) is 0 Å². The summed E-state index contributed by atoms with van der Waals surface area (Å²) in [5.41, 5.74) is 0. The fourth-order valence-corrected chi connectivity index (χ4v) is 6.86. The second-order valence-electron chi connectivity index (χ2n) is 16.2. The van der Waals surface area contributed by atoms with Crippen molar-refractivity contribution in [3.05, 3.63) is 24.3 Å². The summed E-state index contributed by atoms with van der Waals surface area (Å²) in [7, 11) is 4.10. The van der Waals surface area contributed by atoms with Gasteiger partial charge in [-0.15, -0.1) is 0 Å². The van der Waals surface area contributed by atoms with Gasteiger partial charge in [-0.3, -0.25) is 14.4 Å². The molecule has 0 aromatic heterocycles. The van der Waals surface area contributed by atoms with Gasteiger partial charge in [-0.2, -0.15) is 0 Å². The maximum Gasteiger partial charge on any atom is 0.306 e. The molecule has 0 saturated carbocycles. The molecule has 7 nitrogen and oxygen atoms in total. The van der Waals surface area contributed by atoms with E-state index in [2.05, 4.69) is 49.9 Å².